The van der Waals surface area contributed by atoms with Crippen molar-refractivity contribution in [2.75, 3.05) is 33.4 Å². The van der Waals surface area contributed by atoms with Gasteiger partial charge in [0, 0.05) is 33.9 Å². The molecule has 1 aromatic heterocycles. The predicted molar refractivity (Wildman–Crippen MR) is 105 cm³/mol. The fourth-order valence-electron chi connectivity index (χ4n) is 2.34. The van der Waals surface area contributed by atoms with Crippen molar-refractivity contribution in [3.63, 3.8) is 0 Å². The lowest BCUT2D eigenvalue weighted by atomic mass is 10.2. The summed E-state index contributed by atoms with van der Waals surface area (Å²) < 4.78 is 12.7. The molecule has 1 aromatic carbocycles. The van der Waals surface area contributed by atoms with Gasteiger partial charge >= 0.3 is 0 Å². The minimum Gasteiger partial charge on any atom is -0.385 e. The number of rotatable bonds is 11. The van der Waals surface area contributed by atoms with E-state index in [4.69, 9.17) is 9.47 Å². The number of benzene rings is 1. The zero-order chi connectivity index (χ0) is 19.3. The Morgan fingerprint density at radius 1 is 1.11 bits per heavy atom. The van der Waals surface area contributed by atoms with E-state index in [0.29, 0.717) is 32.9 Å². The molecule has 0 bridgehead atoms. The highest BCUT2D eigenvalue weighted by Gasteiger charge is 2.05. The average Bonchev–Trinajstić information content (AvgIpc) is 3.01. The second-order valence-corrected chi connectivity index (χ2v) is 6.13. The third-order valence-electron chi connectivity index (χ3n) is 4.03. The third kappa shape index (κ3) is 7.76. The van der Waals surface area contributed by atoms with Crippen LogP contribution in [0.25, 0.3) is 0 Å². The Bertz CT molecular complexity index is 687. The second kappa shape index (κ2) is 12.0. The van der Waals surface area contributed by atoms with Crippen LogP contribution in [0.15, 0.2) is 35.3 Å². The maximum Gasteiger partial charge on any atom is 0.191 e. The van der Waals surface area contributed by atoms with Gasteiger partial charge in [-0.3, -0.25) is 0 Å². The highest BCUT2D eigenvalue weighted by atomic mass is 16.5. The molecule has 0 fully saturated rings. The average molecular weight is 374 g/mol. The molecular weight excluding hydrogens is 344 g/mol. The molecular formula is C19H30N6O2. The van der Waals surface area contributed by atoms with Gasteiger partial charge in [-0.1, -0.05) is 30.3 Å². The number of aryl methyl sites for hydroxylation is 1. The summed E-state index contributed by atoms with van der Waals surface area (Å²) in [5.74, 6) is 2.43. The first-order valence-corrected chi connectivity index (χ1v) is 9.18. The predicted octanol–water partition coefficient (Wildman–Crippen LogP) is 1.41. The molecule has 2 rings (SSSR count). The zero-order valence-electron chi connectivity index (χ0n) is 16.4. The number of methoxy groups -OCH3 is 1. The Kier molecular flexibility index (Phi) is 9.29. The van der Waals surface area contributed by atoms with E-state index in [1.807, 2.05) is 36.7 Å². The maximum absolute atomic E-state index is 5.71. The Balaban J connectivity index is 1.78. The van der Waals surface area contributed by atoms with Crippen molar-refractivity contribution < 1.29 is 9.47 Å². The summed E-state index contributed by atoms with van der Waals surface area (Å²) in [7, 11) is 3.64. The third-order valence-corrected chi connectivity index (χ3v) is 4.03. The molecule has 148 valence electrons. The van der Waals surface area contributed by atoms with Gasteiger partial charge in [0.15, 0.2) is 11.8 Å². The van der Waals surface area contributed by atoms with Crippen molar-refractivity contribution in [2.45, 2.75) is 26.5 Å². The van der Waals surface area contributed by atoms with E-state index in [1.165, 1.54) is 5.56 Å². The van der Waals surface area contributed by atoms with Gasteiger partial charge in [-0.15, -0.1) is 10.2 Å². The molecule has 0 aliphatic rings. The monoisotopic (exact) mass is 374 g/mol. The fraction of sp³-hybridized carbons (Fsp3) is 0.526. The van der Waals surface area contributed by atoms with Crippen molar-refractivity contribution >= 4 is 5.96 Å². The zero-order valence-corrected chi connectivity index (χ0v) is 16.4. The molecule has 8 heteroatoms. The summed E-state index contributed by atoms with van der Waals surface area (Å²) in [5, 5.41) is 14.8. The largest absolute Gasteiger partial charge is 0.385 e. The summed E-state index contributed by atoms with van der Waals surface area (Å²) in [6.45, 7) is 5.74. The van der Waals surface area contributed by atoms with E-state index in [9.17, 15) is 0 Å². The molecule has 2 N–H and O–H groups in total. The molecule has 0 aliphatic heterocycles. The van der Waals surface area contributed by atoms with Gasteiger partial charge in [-0.25, -0.2) is 4.99 Å². The smallest absolute Gasteiger partial charge is 0.191 e. The van der Waals surface area contributed by atoms with Gasteiger partial charge in [0.05, 0.1) is 13.2 Å². The Morgan fingerprint density at radius 2 is 1.89 bits per heavy atom. The number of ether oxygens (including phenoxy) is 2. The van der Waals surface area contributed by atoms with Crippen LogP contribution in [0.5, 0.6) is 0 Å². The lowest BCUT2D eigenvalue weighted by molar-refractivity contribution is 0.125. The molecule has 27 heavy (non-hydrogen) atoms. The van der Waals surface area contributed by atoms with Crippen LogP contribution < -0.4 is 10.6 Å². The molecule has 0 amide bonds. The van der Waals surface area contributed by atoms with Crippen LogP contribution in [0, 0.1) is 6.92 Å². The highest BCUT2D eigenvalue weighted by Crippen LogP contribution is 2.00. The van der Waals surface area contributed by atoms with Gasteiger partial charge in [-0.2, -0.15) is 0 Å². The Labute approximate surface area is 161 Å². The number of aromatic nitrogens is 3. The normalized spacial score (nSPS) is 11.6. The first kappa shape index (κ1) is 20.9. The van der Waals surface area contributed by atoms with E-state index in [-0.39, 0.29) is 0 Å². The van der Waals surface area contributed by atoms with E-state index < -0.39 is 0 Å². The molecule has 0 radical (unpaired) electrons. The van der Waals surface area contributed by atoms with Crippen molar-refractivity contribution in [1.29, 1.82) is 0 Å². The molecule has 1 heterocycles. The number of nitrogens with zero attached hydrogens (tertiary/aromatic N) is 4. The Morgan fingerprint density at radius 3 is 2.59 bits per heavy atom. The number of hydrogen-bond donors (Lipinski definition) is 2. The van der Waals surface area contributed by atoms with Gasteiger partial charge < -0.3 is 24.7 Å². The topological polar surface area (TPSA) is 85.6 Å². The SMILES string of the molecule is COCCCNC(=NCc1nnc(C)n1C)NCCOCc1ccccc1. The van der Waals surface area contributed by atoms with E-state index >= 15 is 0 Å². The quantitative estimate of drug-likeness (QED) is 0.351. The van der Waals surface area contributed by atoms with E-state index in [1.54, 1.807) is 7.11 Å². The Hall–Kier alpha value is -2.45. The first-order chi connectivity index (χ1) is 13.2. The first-order valence-electron chi connectivity index (χ1n) is 9.18. The summed E-state index contributed by atoms with van der Waals surface area (Å²) in [6, 6.07) is 10.1. The molecule has 0 aliphatic carbocycles. The summed E-state index contributed by atoms with van der Waals surface area (Å²) >= 11 is 0. The molecule has 8 nitrogen and oxygen atoms in total. The van der Waals surface area contributed by atoms with Crippen molar-refractivity contribution in [1.82, 2.24) is 25.4 Å². The number of guanidine groups is 1. The minimum atomic E-state index is 0.460. The van der Waals surface area contributed by atoms with Crippen molar-refractivity contribution in [3.05, 3.63) is 47.5 Å². The molecule has 0 atom stereocenters. The van der Waals surface area contributed by atoms with Gasteiger partial charge in [0.25, 0.3) is 0 Å². The summed E-state index contributed by atoms with van der Waals surface area (Å²) in [5.41, 5.74) is 1.17. The number of hydrogen-bond acceptors (Lipinski definition) is 5. The fourth-order valence-corrected chi connectivity index (χ4v) is 2.34. The van der Waals surface area contributed by atoms with Crippen molar-refractivity contribution in [2.24, 2.45) is 12.0 Å². The minimum absolute atomic E-state index is 0.460. The maximum atomic E-state index is 5.71. The van der Waals surface area contributed by atoms with Crippen LogP contribution >= 0.6 is 0 Å². The molecule has 0 saturated carbocycles. The highest BCUT2D eigenvalue weighted by molar-refractivity contribution is 5.79. The summed E-state index contributed by atoms with van der Waals surface area (Å²) in [6.07, 6.45) is 0.908. The lowest BCUT2D eigenvalue weighted by Gasteiger charge is -2.13. The van der Waals surface area contributed by atoms with Gasteiger partial charge in [0.2, 0.25) is 0 Å². The van der Waals surface area contributed by atoms with Gasteiger partial charge in [-0.05, 0) is 18.9 Å². The van der Waals surface area contributed by atoms with Crippen LogP contribution in [0.1, 0.15) is 23.6 Å². The number of nitrogens with one attached hydrogen (secondary N) is 2. The summed E-state index contributed by atoms with van der Waals surface area (Å²) in [4.78, 5) is 4.60. The number of aliphatic imine (C=N–C) groups is 1. The molecule has 2 aromatic rings. The van der Waals surface area contributed by atoms with Crippen molar-refractivity contribution in [3.8, 4) is 0 Å². The molecule has 0 saturated heterocycles. The lowest BCUT2D eigenvalue weighted by Crippen LogP contribution is -2.39. The molecule has 0 unspecified atom stereocenters. The van der Waals surface area contributed by atoms with Crippen LogP contribution in [0.3, 0.4) is 0 Å². The molecule has 0 spiro atoms. The van der Waals surface area contributed by atoms with Crippen LogP contribution in [0.4, 0.5) is 0 Å². The van der Waals surface area contributed by atoms with Crippen LogP contribution in [-0.4, -0.2) is 54.1 Å². The second-order valence-electron chi connectivity index (χ2n) is 6.13. The van der Waals surface area contributed by atoms with Crippen LogP contribution in [0.2, 0.25) is 0 Å². The standard InChI is InChI=1S/C19H30N6O2/c1-16-23-24-18(25(16)2)14-22-19(20-10-7-12-26-3)21-11-13-27-15-17-8-5-4-6-9-17/h4-6,8-9H,7,10-15H2,1-3H3,(H2,20,21,22). The van der Waals surface area contributed by atoms with Gasteiger partial charge in [0.1, 0.15) is 12.4 Å². The van der Waals surface area contributed by atoms with E-state index in [2.05, 4.69) is 38.0 Å². The van der Waals surface area contributed by atoms with Crippen LogP contribution in [-0.2, 0) is 29.7 Å². The van der Waals surface area contributed by atoms with E-state index in [0.717, 1.165) is 30.6 Å².